The number of rotatable bonds is 7. The van der Waals surface area contributed by atoms with E-state index >= 15 is 0 Å². The Bertz CT molecular complexity index is 815. The second kappa shape index (κ2) is 9.60. The van der Waals surface area contributed by atoms with Gasteiger partial charge in [-0.05, 0) is 43.3 Å². The molecule has 0 bridgehead atoms. The number of piperazine rings is 1. The predicted molar refractivity (Wildman–Crippen MR) is 111 cm³/mol. The minimum Gasteiger partial charge on any atom is -0.494 e. The molecule has 28 heavy (non-hydrogen) atoms. The molecule has 0 saturated carbocycles. The summed E-state index contributed by atoms with van der Waals surface area (Å²) in [5.41, 5.74) is 1.61. The van der Waals surface area contributed by atoms with Crippen molar-refractivity contribution in [3.05, 3.63) is 59.1 Å². The highest BCUT2D eigenvalue weighted by Gasteiger charge is 2.22. The van der Waals surface area contributed by atoms with Crippen molar-refractivity contribution >= 4 is 29.0 Å². The average Bonchev–Trinajstić information content (AvgIpc) is 2.73. The molecule has 6 heteroatoms. The van der Waals surface area contributed by atoms with Crippen molar-refractivity contribution < 1.29 is 14.3 Å². The van der Waals surface area contributed by atoms with Gasteiger partial charge in [-0.3, -0.25) is 9.59 Å². The van der Waals surface area contributed by atoms with Crippen LogP contribution in [0.1, 0.15) is 30.1 Å². The summed E-state index contributed by atoms with van der Waals surface area (Å²) in [7, 11) is 0. The maximum absolute atomic E-state index is 12.5. The third-order valence-corrected chi connectivity index (χ3v) is 5.20. The molecule has 0 aliphatic carbocycles. The molecule has 1 amide bonds. The van der Waals surface area contributed by atoms with Crippen molar-refractivity contribution in [3.63, 3.8) is 0 Å². The Morgan fingerprint density at radius 1 is 0.964 bits per heavy atom. The lowest BCUT2D eigenvalue weighted by molar-refractivity contribution is -0.131. The van der Waals surface area contributed by atoms with Crippen LogP contribution in [0.4, 0.5) is 5.69 Å². The minimum atomic E-state index is -0.0221. The number of carbonyl (C=O) groups is 2. The van der Waals surface area contributed by atoms with Gasteiger partial charge in [-0.2, -0.15) is 0 Å². The van der Waals surface area contributed by atoms with E-state index in [-0.39, 0.29) is 24.5 Å². The number of amides is 1. The third kappa shape index (κ3) is 5.04. The number of nitrogens with zero attached hydrogens (tertiary/aromatic N) is 2. The number of hydrogen-bond acceptors (Lipinski definition) is 4. The van der Waals surface area contributed by atoms with E-state index in [0.29, 0.717) is 25.3 Å². The Hall–Kier alpha value is -2.53. The molecule has 0 unspecified atom stereocenters. The number of Topliss-reactive ketones (excluding diaryl/α,β-unsaturated/α-hetero) is 1. The minimum absolute atomic E-state index is 0.0221. The van der Waals surface area contributed by atoms with Crippen molar-refractivity contribution in [2.24, 2.45) is 0 Å². The van der Waals surface area contributed by atoms with Crippen molar-refractivity contribution in [1.82, 2.24) is 4.90 Å². The maximum atomic E-state index is 12.5. The first-order chi connectivity index (χ1) is 13.6. The van der Waals surface area contributed by atoms with Crippen LogP contribution in [0.15, 0.2) is 48.5 Å². The number of ketones is 1. The van der Waals surface area contributed by atoms with E-state index in [2.05, 4.69) is 4.90 Å². The lowest BCUT2D eigenvalue weighted by Gasteiger charge is -2.36. The highest BCUT2D eigenvalue weighted by Crippen LogP contribution is 2.26. The highest BCUT2D eigenvalue weighted by atomic mass is 35.5. The Kier molecular flexibility index (Phi) is 6.93. The monoisotopic (exact) mass is 400 g/mol. The molecule has 2 aromatic rings. The number of para-hydroxylation sites is 1. The van der Waals surface area contributed by atoms with E-state index in [1.54, 1.807) is 24.3 Å². The summed E-state index contributed by atoms with van der Waals surface area (Å²) in [5, 5.41) is 0.725. The zero-order chi connectivity index (χ0) is 19.9. The quantitative estimate of drug-likeness (QED) is 0.658. The highest BCUT2D eigenvalue weighted by molar-refractivity contribution is 6.33. The van der Waals surface area contributed by atoms with Gasteiger partial charge in [0.05, 0.1) is 17.3 Å². The first-order valence-corrected chi connectivity index (χ1v) is 9.99. The van der Waals surface area contributed by atoms with E-state index in [4.69, 9.17) is 16.3 Å². The largest absolute Gasteiger partial charge is 0.494 e. The summed E-state index contributed by atoms with van der Waals surface area (Å²) in [6, 6.07) is 14.8. The zero-order valence-corrected chi connectivity index (χ0v) is 16.8. The maximum Gasteiger partial charge on any atom is 0.223 e. The van der Waals surface area contributed by atoms with Gasteiger partial charge in [-0.15, -0.1) is 0 Å². The number of ether oxygens (including phenoxy) is 1. The first-order valence-electron chi connectivity index (χ1n) is 9.62. The molecule has 0 N–H and O–H groups in total. The average molecular weight is 401 g/mol. The third-order valence-electron chi connectivity index (χ3n) is 4.88. The van der Waals surface area contributed by atoms with Gasteiger partial charge >= 0.3 is 0 Å². The van der Waals surface area contributed by atoms with Gasteiger partial charge in [0, 0.05) is 44.6 Å². The fourth-order valence-electron chi connectivity index (χ4n) is 3.33. The Balaban J connectivity index is 1.46. The van der Waals surface area contributed by atoms with Gasteiger partial charge in [-0.25, -0.2) is 0 Å². The van der Waals surface area contributed by atoms with Crippen molar-refractivity contribution in [1.29, 1.82) is 0 Å². The SMILES string of the molecule is CCOc1ccc(C(=O)CCC(=O)N2CCN(c3ccccc3Cl)CC2)cc1. The molecule has 2 aromatic carbocycles. The standard InChI is InChI=1S/C22H25ClN2O3/c1-2-28-18-9-7-17(8-10-18)21(26)11-12-22(27)25-15-13-24(14-16-25)20-6-4-3-5-19(20)23/h3-10H,2,11-16H2,1H3. The molecule has 0 radical (unpaired) electrons. The summed E-state index contributed by atoms with van der Waals surface area (Å²) in [6.45, 7) is 5.26. The van der Waals surface area contributed by atoms with Gasteiger partial charge in [0.2, 0.25) is 5.91 Å². The van der Waals surface area contributed by atoms with Gasteiger partial charge < -0.3 is 14.5 Å². The molecule has 1 fully saturated rings. The Morgan fingerprint density at radius 3 is 2.29 bits per heavy atom. The molecule has 5 nitrogen and oxygen atoms in total. The second-order valence-corrected chi connectivity index (χ2v) is 7.11. The summed E-state index contributed by atoms with van der Waals surface area (Å²) < 4.78 is 5.38. The molecule has 1 saturated heterocycles. The van der Waals surface area contributed by atoms with Gasteiger partial charge in [0.25, 0.3) is 0 Å². The summed E-state index contributed by atoms with van der Waals surface area (Å²) in [5.74, 6) is 0.746. The molecule has 1 aliphatic heterocycles. The van der Waals surface area contributed by atoms with Crippen LogP contribution in [0.25, 0.3) is 0 Å². The molecule has 1 aliphatic rings. The fourth-order valence-corrected chi connectivity index (χ4v) is 3.59. The molecule has 1 heterocycles. The lowest BCUT2D eigenvalue weighted by Crippen LogP contribution is -2.48. The topological polar surface area (TPSA) is 49.9 Å². The van der Waals surface area contributed by atoms with E-state index in [9.17, 15) is 9.59 Å². The number of carbonyl (C=O) groups excluding carboxylic acids is 2. The lowest BCUT2D eigenvalue weighted by atomic mass is 10.1. The van der Waals surface area contributed by atoms with Crippen LogP contribution in [0.5, 0.6) is 5.75 Å². The number of hydrogen-bond donors (Lipinski definition) is 0. The van der Waals surface area contributed by atoms with Crippen LogP contribution in [0.3, 0.4) is 0 Å². The van der Waals surface area contributed by atoms with Crippen molar-refractivity contribution in [3.8, 4) is 5.75 Å². The molecule has 0 atom stereocenters. The van der Waals surface area contributed by atoms with Crippen LogP contribution in [-0.4, -0.2) is 49.4 Å². The molecule has 3 rings (SSSR count). The smallest absolute Gasteiger partial charge is 0.223 e. The molecule has 148 valence electrons. The number of benzene rings is 2. The molecular weight excluding hydrogens is 376 g/mol. The summed E-state index contributed by atoms with van der Waals surface area (Å²) in [4.78, 5) is 28.9. The van der Waals surface area contributed by atoms with Crippen LogP contribution in [0, 0.1) is 0 Å². The van der Waals surface area contributed by atoms with E-state index in [0.717, 1.165) is 29.5 Å². The van der Waals surface area contributed by atoms with E-state index in [1.807, 2.05) is 36.1 Å². The van der Waals surface area contributed by atoms with Crippen molar-refractivity contribution in [2.75, 3.05) is 37.7 Å². The molecule has 0 spiro atoms. The number of anilines is 1. The molecular formula is C22H25ClN2O3. The second-order valence-electron chi connectivity index (χ2n) is 6.70. The van der Waals surface area contributed by atoms with E-state index < -0.39 is 0 Å². The van der Waals surface area contributed by atoms with Gasteiger partial charge in [-0.1, -0.05) is 23.7 Å². The normalized spacial score (nSPS) is 14.1. The van der Waals surface area contributed by atoms with Gasteiger partial charge in [0.15, 0.2) is 5.78 Å². The van der Waals surface area contributed by atoms with Crippen LogP contribution >= 0.6 is 11.6 Å². The van der Waals surface area contributed by atoms with Crippen molar-refractivity contribution in [2.45, 2.75) is 19.8 Å². The zero-order valence-electron chi connectivity index (χ0n) is 16.1. The Labute approximate surface area is 170 Å². The summed E-state index contributed by atoms with van der Waals surface area (Å²) >= 11 is 6.26. The summed E-state index contributed by atoms with van der Waals surface area (Å²) in [6.07, 6.45) is 0.454. The van der Waals surface area contributed by atoms with Crippen LogP contribution in [0.2, 0.25) is 5.02 Å². The molecule has 0 aromatic heterocycles. The number of halogens is 1. The Morgan fingerprint density at radius 2 is 1.64 bits per heavy atom. The predicted octanol–water partition coefficient (Wildman–Crippen LogP) is 4.05. The van der Waals surface area contributed by atoms with Crippen LogP contribution in [-0.2, 0) is 4.79 Å². The first kappa shape index (κ1) is 20.2. The van der Waals surface area contributed by atoms with Gasteiger partial charge in [0.1, 0.15) is 5.75 Å². The van der Waals surface area contributed by atoms with E-state index in [1.165, 1.54) is 0 Å². The van der Waals surface area contributed by atoms with Crippen LogP contribution < -0.4 is 9.64 Å². The fraction of sp³-hybridized carbons (Fsp3) is 0.364.